The summed E-state index contributed by atoms with van der Waals surface area (Å²) in [5, 5.41) is 0. The van der Waals surface area contributed by atoms with E-state index in [0.29, 0.717) is 0 Å². The molecule has 9 heavy (non-hydrogen) atoms. The highest BCUT2D eigenvalue weighted by Gasteiger charge is 2.08. The lowest BCUT2D eigenvalue weighted by molar-refractivity contribution is 1.21. The fourth-order valence-electron chi connectivity index (χ4n) is 0.604. The summed E-state index contributed by atoms with van der Waals surface area (Å²) in [7, 11) is -0.781. The van der Waals surface area contributed by atoms with Gasteiger partial charge >= 0.3 is 0 Å². The van der Waals surface area contributed by atoms with Crippen molar-refractivity contribution in [1.29, 1.82) is 0 Å². The molecule has 0 unspecified atom stereocenters. The maximum absolute atomic E-state index is 2.40. The molecule has 0 aliphatic heterocycles. The molecule has 0 amide bonds. The summed E-state index contributed by atoms with van der Waals surface area (Å²) >= 11 is 0. The van der Waals surface area contributed by atoms with E-state index in [-0.39, 0.29) is 0 Å². The van der Waals surface area contributed by atoms with E-state index in [9.17, 15) is 0 Å². The van der Waals surface area contributed by atoms with Gasteiger partial charge < -0.3 is 0 Å². The summed E-state index contributed by atoms with van der Waals surface area (Å²) in [5.41, 5.74) is 0. The monoisotopic (exact) mass is 142 g/mol. The molecule has 0 atom stereocenters. The van der Waals surface area contributed by atoms with Crippen LogP contribution < -0.4 is 0 Å². The van der Waals surface area contributed by atoms with Crippen molar-refractivity contribution in [2.24, 2.45) is 0 Å². The van der Waals surface area contributed by atoms with Crippen LogP contribution >= 0.6 is 0 Å². The average molecular weight is 142 g/mol. The lowest BCUT2D eigenvalue weighted by Gasteiger charge is -2.11. The van der Waals surface area contributed by atoms with Gasteiger partial charge in [-0.3, -0.25) is 0 Å². The largest absolute Gasteiger partial charge is 0.0912 e. The Morgan fingerprint density at radius 3 is 2.00 bits per heavy atom. The van der Waals surface area contributed by atoms with Crippen molar-refractivity contribution in [2.45, 2.75) is 39.0 Å². The third kappa shape index (κ3) is 7.96. The van der Waals surface area contributed by atoms with E-state index in [0.717, 1.165) is 0 Å². The Balaban J connectivity index is 3.38. The number of hydrogen-bond acceptors (Lipinski definition) is 0. The maximum atomic E-state index is 2.40. The van der Waals surface area contributed by atoms with E-state index in [4.69, 9.17) is 0 Å². The normalized spacial score (nSPS) is 12.9. The van der Waals surface area contributed by atoms with Gasteiger partial charge in [-0.2, -0.15) is 0 Å². The second kappa shape index (κ2) is 3.88. The number of allylic oxidation sites excluding steroid dienone is 2. The molecule has 54 valence electrons. The molecule has 0 saturated carbocycles. The Morgan fingerprint density at radius 1 is 1.11 bits per heavy atom. The minimum Gasteiger partial charge on any atom is -0.0912 e. The summed E-state index contributed by atoms with van der Waals surface area (Å²) in [6.45, 7) is 9.37. The molecule has 0 bridgehead atoms. The fraction of sp³-hybridized carbons (Fsp3) is 0.750. The smallest absolute Gasteiger partial charge is 0.0480 e. The first-order valence-corrected chi connectivity index (χ1v) is 7.42. The molecule has 0 saturated heterocycles. The zero-order valence-corrected chi connectivity index (χ0v) is 8.07. The quantitative estimate of drug-likeness (QED) is 0.419. The van der Waals surface area contributed by atoms with Crippen molar-refractivity contribution < 1.29 is 0 Å². The van der Waals surface area contributed by atoms with Crippen molar-refractivity contribution in [3.8, 4) is 0 Å². The van der Waals surface area contributed by atoms with Crippen LogP contribution in [0.3, 0.4) is 0 Å². The molecule has 0 aromatic heterocycles. The van der Waals surface area contributed by atoms with Gasteiger partial charge in [0.1, 0.15) is 0 Å². The van der Waals surface area contributed by atoms with Gasteiger partial charge in [-0.05, 0) is 12.5 Å². The van der Waals surface area contributed by atoms with Crippen LogP contribution in [-0.2, 0) is 0 Å². The lowest BCUT2D eigenvalue weighted by atomic mass is 10.4. The zero-order chi connectivity index (χ0) is 7.33. The van der Waals surface area contributed by atoms with Crippen molar-refractivity contribution in [3.05, 3.63) is 12.2 Å². The SMILES string of the molecule is CC/C=C/C[Si](C)(C)C. The summed E-state index contributed by atoms with van der Waals surface area (Å²) in [6, 6.07) is 1.33. The summed E-state index contributed by atoms with van der Waals surface area (Å²) in [5.74, 6) is 0. The van der Waals surface area contributed by atoms with Crippen LogP contribution in [0, 0.1) is 0 Å². The molecule has 0 aliphatic rings. The minimum absolute atomic E-state index is 0.781. The van der Waals surface area contributed by atoms with E-state index in [1.807, 2.05) is 0 Å². The van der Waals surface area contributed by atoms with Crippen LogP contribution in [0.15, 0.2) is 12.2 Å². The van der Waals surface area contributed by atoms with E-state index in [2.05, 4.69) is 38.7 Å². The molecule has 0 heterocycles. The molecule has 0 rings (SSSR count). The van der Waals surface area contributed by atoms with E-state index < -0.39 is 8.07 Å². The molecule has 0 N–H and O–H groups in total. The van der Waals surface area contributed by atoms with Gasteiger partial charge in [0, 0.05) is 8.07 Å². The predicted molar refractivity (Wildman–Crippen MR) is 47.6 cm³/mol. The highest BCUT2D eigenvalue weighted by Crippen LogP contribution is 2.08. The summed E-state index contributed by atoms with van der Waals surface area (Å²) < 4.78 is 0. The predicted octanol–water partition coefficient (Wildman–Crippen LogP) is 3.29. The Morgan fingerprint density at radius 2 is 1.67 bits per heavy atom. The molecular formula is C8H18Si. The molecule has 0 aliphatic carbocycles. The number of rotatable bonds is 3. The van der Waals surface area contributed by atoms with Crippen LogP contribution in [0.4, 0.5) is 0 Å². The molecule has 0 nitrogen and oxygen atoms in total. The van der Waals surface area contributed by atoms with Gasteiger partial charge in [-0.1, -0.05) is 38.7 Å². The topological polar surface area (TPSA) is 0 Å². The lowest BCUT2D eigenvalue weighted by Crippen LogP contribution is -2.17. The molecule has 0 aromatic rings. The minimum atomic E-state index is -0.781. The number of hydrogen-bond donors (Lipinski definition) is 0. The van der Waals surface area contributed by atoms with Crippen LogP contribution in [0.25, 0.3) is 0 Å². The zero-order valence-electron chi connectivity index (χ0n) is 7.07. The van der Waals surface area contributed by atoms with Crippen molar-refractivity contribution in [2.75, 3.05) is 0 Å². The first-order chi connectivity index (χ1) is 4.06. The molecule has 1 heteroatoms. The molecular weight excluding hydrogens is 124 g/mol. The second-order valence-corrected chi connectivity index (χ2v) is 9.17. The third-order valence-corrected chi connectivity index (χ3v) is 2.59. The second-order valence-electron chi connectivity index (χ2n) is 3.64. The van der Waals surface area contributed by atoms with Crippen molar-refractivity contribution in [1.82, 2.24) is 0 Å². The highest BCUT2D eigenvalue weighted by molar-refractivity contribution is 6.76. The van der Waals surface area contributed by atoms with E-state index in [1.54, 1.807) is 0 Å². The standard InChI is InChI=1S/C8H18Si/c1-5-6-7-8-9(2,3)4/h6-7H,5,8H2,1-4H3/b7-6+. The first kappa shape index (κ1) is 8.96. The van der Waals surface area contributed by atoms with Gasteiger partial charge in [0.25, 0.3) is 0 Å². The van der Waals surface area contributed by atoms with Crippen LogP contribution in [0.2, 0.25) is 25.7 Å². The maximum Gasteiger partial charge on any atom is 0.0480 e. The average Bonchev–Trinajstić information content (AvgIpc) is 1.63. The van der Waals surface area contributed by atoms with Gasteiger partial charge in [0.05, 0.1) is 0 Å². The van der Waals surface area contributed by atoms with Gasteiger partial charge in [-0.15, -0.1) is 0 Å². The Kier molecular flexibility index (Phi) is 3.87. The summed E-state index contributed by atoms with van der Waals surface area (Å²) in [4.78, 5) is 0. The highest BCUT2D eigenvalue weighted by atomic mass is 28.3. The van der Waals surface area contributed by atoms with Crippen LogP contribution in [0.5, 0.6) is 0 Å². The van der Waals surface area contributed by atoms with Crippen molar-refractivity contribution >= 4 is 8.07 Å². The molecule has 0 radical (unpaired) electrons. The van der Waals surface area contributed by atoms with E-state index in [1.165, 1.54) is 12.5 Å². The van der Waals surface area contributed by atoms with Crippen molar-refractivity contribution in [3.63, 3.8) is 0 Å². The van der Waals surface area contributed by atoms with Gasteiger partial charge in [0.2, 0.25) is 0 Å². The van der Waals surface area contributed by atoms with Crippen LogP contribution in [0.1, 0.15) is 13.3 Å². The van der Waals surface area contributed by atoms with Crippen LogP contribution in [-0.4, -0.2) is 8.07 Å². The Hall–Kier alpha value is -0.0431. The first-order valence-electron chi connectivity index (χ1n) is 3.71. The van der Waals surface area contributed by atoms with E-state index >= 15 is 0 Å². The Bertz CT molecular complexity index is 87.2. The van der Waals surface area contributed by atoms with Gasteiger partial charge in [-0.25, -0.2) is 0 Å². The fourth-order valence-corrected chi connectivity index (χ4v) is 1.48. The molecule has 0 spiro atoms. The molecule has 0 aromatic carbocycles. The Labute approximate surface area is 60.0 Å². The summed E-state index contributed by atoms with van der Waals surface area (Å²) in [6.07, 6.45) is 5.77. The van der Waals surface area contributed by atoms with Gasteiger partial charge in [0.15, 0.2) is 0 Å². The molecule has 0 fully saturated rings. The third-order valence-electron chi connectivity index (χ3n) is 1.13.